The number of hydrogen-bond donors (Lipinski definition) is 2. The largest absolute Gasteiger partial charge is 0.354 e. The first kappa shape index (κ1) is 17.3. The lowest BCUT2D eigenvalue weighted by atomic mass is 9.80. The van der Waals surface area contributed by atoms with Crippen LogP contribution in [0.4, 0.5) is 0 Å². The van der Waals surface area contributed by atoms with Gasteiger partial charge in [-0.05, 0) is 25.7 Å². The summed E-state index contributed by atoms with van der Waals surface area (Å²) in [6.07, 6.45) is 8.05. The number of likely N-dealkylation sites (tertiary alicyclic amines) is 2. The lowest BCUT2D eigenvalue weighted by Crippen LogP contribution is -2.50. The summed E-state index contributed by atoms with van der Waals surface area (Å²) >= 11 is 0. The number of fused-ring (bicyclic) bond motifs is 1. The molecule has 6 heteroatoms. The van der Waals surface area contributed by atoms with Gasteiger partial charge in [-0.25, -0.2) is 0 Å². The van der Waals surface area contributed by atoms with E-state index in [9.17, 15) is 9.59 Å². The molecule has 0 aromatic carbocycles. The fraction of sp³-hybridized carbons (Fsp3) is 0.895. The Balaban J connectivity index is 1.32. The predicted molar refractivity (Wildman–Crippen MR) is 96.1 cm³/mol. The van der Waals surface area contributed by atoms with E-state index >= 15 is 0 Å². The molecule has 1 saturated carbocycles. The van der Waals surface area contributed by atoms with E-state index < -0.39 is 0 Å². The molecule has 3 heterocycles. The van der Waals surface area contributed by atoms with Gasteiger partial charge in [-0.3, -0.25) is 14.5 Å². The van der Waals surface area contributed by atoms with Crippen molar-refractivity contribution in [2.24, 2.45) is 11.3 Å². The summed E-state index contributed by atoms with van der Waals surface area (Å²) in [6, 6.07) is 0.696. The van der Waals surface area contributed by atoms with Gasteiger partial charge in [0.05, 0.1) is 5.41 Å². The van der Waals surface area contributed by atoms with Crippen molar-refractivity contribution in [3.05, 3.63) is 0 Å². The zero-order valence-electron chi connectivity index (χ0n) is 15.3. The Morgan fingerprint density at radius 1 is 1.24 bits per heavy atom. The van der Waals surface area contributed by atoms with Crippen molar-refractivity contribution in [1.82, 2.24) is 20.4 Å². The quantitative estimate of drug-likeness (QED) is 0.763. The van der Waals surface area contributed by atoms with Crippen LogP contribution in [0.3, 0.4) is 0 Å². The maximum atomic E-state index is 13.1. The number of carbonyl (C=O) groups is 2. The van der Waals surface area contributed by atoms with Gasteiger partial charge >= 0.3 is 0 Å². The molecule has 25 heavy (non-hydrogen) atoms. The Morgan fingerprint density at radius 2 is 2.08 bits per heavy atom. The topological polar surface area (TPSA) is 64.7 Å². The molecular formula is C19H32N4O2. The lowest BCUT2D eigenvalue weighted by molar-refractivity contribution is -0.135. The molecule has 3 saturated heterocycles. The van der Waals surface area contributed by atoms with E-state index in [1.165, 1.54) is 25.7 Å². The second kappa shape index (κ2) is 7.23. The molecule has 0 radical (unpaired) electrons. The lowest BCUT2D eigenvalue weighted by Gasteiger charge is -2.30. The van der Waals surface area contributed by atoms with E-state index in [0.29, 0.717) is 31.5 Å². The number of hydrogen-bond acceptors (Lipinski definition) is 4. The Hall–Kier alpha value is -1.14. The van der Waals surface area contributed by atoms with Crippen LogP contribution < -0.4 is 10.6 Å². The number of carbonyl (C=O) groups excluding carboxylic acids is 2. The summed E-state index contributed by atoms with van der Waals surface area (Å²) in [7, 11) is 0. The highest BCUT2D eigenvalue weighted by Gasteiger charge is 2.55. The average Bonchev–Trinajstić information content (AvgIpc) is 3.31. The van der Waals surface area contributed by atoms with Gasteiger partial charge in [0.1, 0.15) is 0 Å². The molecule has 2 N–H and O–H groups in total. The van der Waals surface area contributed by atoms with Crippen LogP contribution in [0.2, 0.25) is 0 Å². The van der Waals surface area contributed by atoms with Crippen LogP contribution in [0.15, 0.2) is 0 Å². The molecule has 2 atom stereocenters. The minimum Gasteiger partial charge on any atom is -0.354 e. The summed E-state index contributed by atoms with van der Waals surface area (Å²) in [4.78, 5) is 29.4. The van der Waals surface area contributed by atoms with Gasteiger partial charge in [0.2, 0.25) is 11.8 Å². The van der Waals surface area contributed by atoms with E-state index in [2.05, 4.69) is 15.5 Å². The van der Waals surface area contributed by atoms with E-state index in [1.54, 1.807) is 0 Å². The van der Waals surface area contributed by atoms with Crippen LogP contribution in [-0.4, -0.2) is 73.5 Å². The van der Waals surface area contributed by atoms with Gasteiger partial charge in [-0.1, -0.05) is 12.8 Å². The van der Waals surface area contributed by atoms with Crippen molar-refractivity contribution in [1.29, 1.82) is 0 Å². The molecule has 140 valence electrons. The molecule has 0 aromatic rings. The van der Waals surface area contributed by atoms with Gasteiger partial charge in [0.25, 0.3) is 0 Å². The molecule has 4 fully saturated rings. The predicted octanol–water partition coefficient (Wildman–Crippen LogP) is 0.579. The molecule has 1 aliphatic carbocycles. The summed E-state index contributed by atoms with van der Waals surface area (Å²) in [5.41, 5.74) is -0.255. The van der Waals surface area contributed by atoms with Crippen molar-refractivity contribution >= 4 is 11.8 Å². The number of nitrogens with one attached hydrogen (secondary N) is 2. The minimum atomic E-state index is -0.255. The summed E-state index contributed by atoms with van der Waals surface area (Å²) < 4.78 is 0. The van der Waals surface area contributed by atoms with E-state index in [1.807, 2.05) is 4.90 Å². The SMILES string of the molecule is O=C1CCCCN1CCNC(=O)[C@@]12CNC[C@@H]1CN(C1CCCC1)C2. The van der Waals surface area contributed by atoms with Crippen LogP contribution in [0.5, 0.6) is 0 Å². The van der Waals surface area contributed by atoms with Crippen LogP contribution in [-0.2, 0) is 9.59 Å². The van der Waals surface area contributed by atoms with Gasteiger partial charge in [0, 0.05) is 64.2 Å². The Morgan fingerprint density at radius 3 is 2.88 bits per heavy atom. The Labute approximate surface area is 150 Å². The smallest absolute Gasteiger partial charge is 0.229 e. The van der Waals surface area contributed by atoms with Crippen molar-refractivity contribution in [3.63, 3.8) is 0 Å². The van der Waals surface area contributed by atoms with Crippen molar-refractivity contribution in [3.8, 4) is 0 Å². The molecular weight excluding hydrogens is 316 g/mol. The standard InChI is InChI=1S/C19H32N4O2/c24-17-7-3-4-9-22(17)10-8-21-18(25)19-13-20-11-15(19)12-23(14-19)16-5-1-2-6-16/h15-16,20H,1-14H2,(H,21,25)/t15-,19-/m1/s1. The van der Waals surface area contributed by atoms with Crippen LogP contribution in [0, 0.1) is 11.3 Å². The van der Waals surface area contributed by atoms with Crippen molar-refractivity contribution in [2.45, 2.75) is 51.0 Å². The monoisotopic (exact) mass is 348 g/mol. The third-order valence-electron chi connectivity index (χ3n) is 6.93. The zero-order chi connectivity index (χ0) is 17.3. The molecule has 4 aliphatic rings. The first-order chi connectivity index (χ1) is 12.2. The van der Waals surface area contributed by atoms with Gasteiger partial charge in [-0.15, -0.1) is 0 Å². The molecule has 6 nitrogen and oxygen atoms in total. The van der Waals surface area contributed by atoms with Crippen molar-refractivity contribution in [2.75, 3.05) is 45.8 Å². The molecule has 4 rings (SSSR count). The van der Waals surface area contributed by atoms with Crippen LogP contribution >= 0.6 is 0 Å². The number of rotatable bonds is 5. The third-order valence-corrected chi connectivity index (χ3v) is 6.93. The molecule has 3 aliphatic heterocycles. The summed E-state index contributed by atoms with van der Waals surface area (Å²) in [5, 5.41) is 6.62. The summed E-state index contributed by atoms with van der Waals surface area (Å²) in [6.45, 7) is 5.82. The molecule has 0 spiro atoms. The highest BCUT2D eigenvalue weighted by Crippen LogP contribution is 2.42. The fourth-order valence-electron chi connectivity index (χ4n) is 5.41. The molecule has 0 unspecified atom stereocenters. The zero-order valence-corrected chi connectivity index (χ0v) is 15.3. The number of piperidine rings is 1. The first-order valence-electron chi connectivity index (χ1n) is 10.2. The second-order valence-electron chi connectivity index (χ2n) is 8.45. The minimum absolute atomic E-state index is 0.201. The fourth-order valence-corrected chi connectivity index (χ4v) is 5.41. The molecule has 0 aromatic heterocycles. The van der Waals surface area contributed by atoms with Gasteiger partial charge < -0.3 is 15.5 Å². The Bertz CT molecular complexity index is 520. The normalized spacial score (nSPS) is 33.8. The van der Waals surface area contributed by atoms with E-state index in [0.717, 1.165) is 45.6 Å². The number of amides is 2. The van der Waals surface area contributed by atoms with Crippen molar-refractivity contribution < 1.29 is 9.59 Å². The van der Waals surface area contributed by atoms with E-state index in [-0.39, 0.29) is 17.2 Å². The van der Waals surface area contributed by atoms with E-state index in [4.69, 9.17) is 0 Å². The maximum absolute atomic E-state index is 13.1. The average molecular weight is 348 g/mol. The van der Waals surface area contributed by atoms with Gasteiger partial charge in [0.15, 0.2) is 0 Å². The van der Waals surface area contributed by atoms with Crippen LogP contribution in [0.1, 0.15) is 44.9 Å². The maximum Gasteiger partial charge on any atom is 0.229 e. The van der Waals surface area contributed by atoms with Crippen LogP contribution in [0.25, 0.3) is 0 Å². The highest BCUT2D eigenvalue weighted by atomic mass is 16.2. The molecule has 2 amide bonds. The summed E-state index contributed by atoms with van der Waals surface area (Å²) in [5.74, 6) is 0.879. The highest BCUT2D eigenvalue weighted by molar-refractivity contribution is 5.84. The third kappa shape index (κ3) is 3.31. The van der Waals surface area contributed by atoms with Gasteiger partial charge in [-0.2, -0.15) is 0 Å². The molecule has 0 bridgehead atoms. The number of nitrogens with zero attached hydrogens (tertiary/aromatic N) is 2. The Kier molecular flexibility index (Phi) is 5.00. The second-order valence-corrected chi connectivity index (χ2v) is 8.45. The first-order valence-corrected chi connectivity index (χ1v) is 10.2.